The lowest BCUT2D eigenvalue weighted by atomic mass is 10.0. The van der Waals surface area contributed by atoms with Gasteiger partial charge >= 0.3 is 12.1 Å². The topological polar surface area (TPSA) is 93.7 Å². The lowest BCUT2D eigenvalue weighted by molar-refractivity contribution is -0.145. The van der Waals surface area contributed by atoms with Crippen molar-refractivity contribution in [3.8, 4) is 0 Å². The number of hydrogen-bond donors (Lipinski definition) is 2. The molecule has 0 unspecified atom stereocenters. The number of hydrogen-bond acceptors (Lipinski definition) is 5. The van der Waals surface area contributed by atoms with Crippen molar-refractivity contribution in [2.24, 2.45) is 11.8 Å². The van der Waals surface area contributed by atoms with Crippen LogP contribution in [0.25, 0.3) is 0 Å². The van der Waals surface area contributed by atoms with Gasteiger partial charge in [0.05, 0.1) is 7.11 Å². The molecule has 0 saturated heterocycles. The Morgan fingerprint density at radius 2 is 1.46 bits per heavy atom. The SMILES string of the molecule is COC(=O)[C@H](CC(C)C)NC(=O)[C@H](CC(C)C)NC(=O)OCc1ccccc1. The zero-order valence-corrected chi connectivity index (χ0v) is 17.4. The van der Waals surface area contributed by atoms with Crippen molar-refractivity contribution in [2.75, 3.05) is 7.11 Å². The van der Waals surface area contributed by atoms with Gasteiger partial charge in [-0.15, -0.1) is 0 Å². The molecule has 7 nitrogen and oxygen atoms in total. The summed E-state index contributed by atoms with van der Waals surface area (Å²) in [7, 11) is 1.28. The summed E-state index contributed by atoms with van der Waals surface area (Å²) < 4.78 is 9.98. The van der Waals surface area contributed by atoms with Crippen molar-refractivity contribution in [1.29, 1.82) is 0 Å². The zero-order chi connectivity index (χ0) is 21.1. The minimum atomic E-state index is -0.803. The fourth-order valence-corrected chi connectivity index (χ4v) is 2.71. The molecule has 0 aliphatic heterocycles. The number of carbonyl (C=O) groups is 3. The predicted octanol–water partition coefficient (Wildman–Crippen LogP) is 3.03. The second-order valence-corrected chi connectivity index (χ2v) is 7.60. The molecule has 0 radical (unpaired) electrons. The molecule has 156 valence electrons. The normalized spacial score (nSPS) is 13.0. The van der Waals surface area contributed by atoms with E-state index in [4.69, 9.17) is 9.47 Å². The third kappa shape index (κ3) is 8.88. The van der Waals surface area contributed by atoms with Crippen molar-refractivity contribution in [3.63, 3.8) is 0 Å². The number of methoxy groups -OCH3 is 1. The van der Waals surface area contributed by atoms with E-state index in [2.05, 4.69) is 10.6 Å². The van der Waals surface area contributed by atoms with Crippen LogP contribution in [0.3, 0.4) is 0 Å². The third-order valence-corrected chi connectivity index (χ3v) is 4.04. The number of alkyl carbamates (subject to hydrolysis) is 1. The van der Waals surface area contributed by atoms with Crippen LogP contribution in [0.2, 0.25) is 0 Å². The lowest BCUT2D eigenvalue weighted by Gasteiger charge is -2.24. The first kappa shape index (κ1) is 23.5. The Labute approximate surface area is 167 Å². The Hall–Kier alpha value is -2.57. The number of rotatable bonds is 10. The molecular formula is C21H32N2O5. The highest BCUT2D eigenvalue weighted by atomic mass is 16.5. The summed E-state index contributed by atoms with van der Waals surface area (Å²) in [5.41, 5.74) is 0.852. The fourth-order valence-electron chi connectivity index (χ4n) is 2.71. The van der Waals surface area contributed by atoms with Crippen LogP contribution in [0.1, 0.15) is 46.1 Å². The number of nitrogens with one attached hydrogen (secondary N) is 2. The van der Waals surface area contributed by atoms with E-state index in [9.17, 15) is 14.4 Å². The fraction of sp³-hybridized carbons (Fsp3) is 0.571. The van der Waals surface area contributed by atoms with Crippen LogP contribution in [-0.2, 0) is 25.7 Å². The summed E-state index contributed by atoms with van der Waals surface area (Å²) >= 11 is 0. The van der Waals surface area contributed by atoms with E-state index in [1.54, 1.807) is 0 Å². The first-order valence-corrected chi connectivity index (χ1v) is 9.58. The summed E-state index contributed by atoms with van der Waals surface area (Å²) in [4.78, 5) is 36.8. The smallest absolute Gasteiger partial charge is 0.408 e. The summed E-state index contributed by atoms with van der Waals surface area (Å²) in [6, 6.07) is 7.72. The van der Waals surface area contributed by atoms with Crippen LogP contribution in [-0.4, -0.2) is 37.2 Å². The van der Waals surface area contributed by atoms with E-state index < -0.39 is 30.1 Å². The first-order valence-electron chi connectivity index (χ1n) is 9.58. The van der Waals surface area contributed by atoms with Gasteiger partial charge in [0.1, 0.15) is 18.7 Å². The molecule has 7 heteroatoms. The van der Waals surface area contributed by atoms with E-state index in [-0.39, 0.29) is 18.4 Å². The van der Waals surface area contributed by atoms with E-state index >= 15 is 0 Å². The molecule has 1 aromatic carbocycles. The largest absolute Gasteiger partial charge is 0.467 e. The quantitative estimate of drug-likeness (QED) is 0.597. The molecule has 1 aromatic rings. The standard InChI is InChI=1S/C21H32N2O5/c1-14(2)11-17(19(24)22-18(12-15(3)4)20(25)27-5)23-21(26)28-13-16-9-7-6-8-10-16/h6-10,14-15,17-18H,11-13H2,1-5H3,(H,22,24)(H,23,26)/t17-,18-/m0/s1. The van der Waals surface area contributed by atoms with Gasteiger partial charge < -0.3 is 20.1 Å². The van der Waals surface area contributed by atoms with Gasteiger partial charge in [-0.3, -0.25) is 4.79 Å². The molecule has 0 saturated carbocycles. The molecule has 1 rings (SSSR count). The first-order chi connectivity index (χ1) is 13.2. The predicted molar refractivity (Wildman–Crippen MR) is 106 cm³/mol. The van der Waals surface area contributed by atoms with Gasteiger partial charge in [0, 0.05) is 0 Å². The Bertz CT molecular complexity index is 631. The average Bonchev–Trinajstić information content (AvgIpc) is 2.64. The van der Waals surface area contributed by atoms with Crippen LogP contribution < -0.4 is 10.6 Å². The average molecular weight is 392 g/mol. The molecule has 0 spiro atoms. The van der Waals surface area contributed by atoms with Crippen molar-refractivity contribution in [1.82, 2.24) is 10.6 Å². The highest BCUT2D eigenvalue weighted by Gasteiger charge is 2.28. The van der Waals surface area contributed by atoms with Gasteiger partial charge in [-0.2, -0.15) is 0 Å². The van der Waals surface area contributed by atoms with Gasteiger partial charge in [0.25, 0.3) is 0 Å². The van der Waals surface area contributed by atoms with Crippen molar-refractivity contribution >= 4 is 18.0 Å². The second-order valence-electron chi connectivity index (χ2n) is 7.60. The third-order valence-electron chi connectivity index (χ3n) is 4.04. The maximum absolute atomic E-state index is 12.7. The monoisotopic (exact) mass is 392 g/mol. The molecule has 28 heavy (non-hydrogen) atoms. The van der Waals surface area contributed by atoms with Crippen LogP contribution in [0.4, 0.5) is 4.79 Å². The number of amides is 2. The number of benzene rings is 1. The zero-order valence-electron chi connectivity index (χ0n) is 17.4. The minimum absolute atomic E-state index is 0.112. The van der Waals surface area contributed by atoms with Crippen molar-refractivity contribution in [3.05, 3.63) is 35.9 Å². The highest BCUT2D eigenvalue weighted by Crippen LogP contribution is 2.10. The van der Waals surface area contributed by atoms with Gasteiger partial charge in [-0.1, -0.05) is 58.0 Å². The van der Waals surface area contributed by atoms with Crippen molar-refractivity contribution < 1.29 is 23.9 Å². The Balaban J connectivity index is 2.72. The summed E-state index contributed by atoms with van der Waals surface area (Å²) in [5.74, 6) is -0.581. The van der Waals surface area contributed by atoms with Crippen molar-refractivity contribution in [2.45, 2.75) is 59.2 Å². The molecule has 0 heterocycles. The molecule has 0 aliphatic rings. The molecule has 2 amide bonds. The van der Waals surface area contributed by atoms with E-state index in [0.29, 0.717) is 12.8 Å². The van der Waals surface area contributed by atoms with Gasteiger partial charge in [0.15, 0.2) is 0 Å². The highest BCUT2D eigenvalue weighted by molar-refractivity contribution is 5.89. The molecule has 2 N–H and O–H groups in total. The van der Waals surface area contributed by atoms with Gasteiger partial charge in [0.2, 0.25) is 5.91 Å². The molecule has 0 aliphatic carbocycles. The van der Waals surface area contributed by atoms with Crippen LogP contribution >= 0.6 is 0 Å². The summed E-state index contributed by atoms with van der Waals surface area (Å²) in [6.07, 6.45) is 0.191. The molecule has 2 atom stereocenters. The molecule has 0 bridgehead atoms. The van der Waals surface area contributed by atoms with Gasteiger partial charge in [-0.05, 0) is 30.2 Å². The molecule has 0 fully saturated rings. The molecule has 0 aromatic heterocycles. The van der Waals surface area contributed by atoms with E-state index in [1.807, 2.05) is 58.0 Å². The van der Waals surface area contributed by atoms with Gasteiger partial charge in [-0.25, -0.2) is 9.59 Å². The van der Waals surface area contributed by atoms with Crippen LogP contribution in [0.15, 0.2) is 30.3 Å². The summed E-state index contributed by atoms with van der Waals surface area (Å²) in [6.45, 7) is 7.91. The second kappa shape index (κ2) is 12.0. The maximum Gasteiger partial charge on any atom is 0.408 e. The summed E-state index contributed by atoms with van der Waals surface area (Å²) in [5, 5.41) is 5.31. The number of carbonyl (C=O) groups excluding carboxylic acids is 3. The number of esters is 1. The number of ether oxygens (including phenoxy) is 2. The maximum atomic E-state index is 12.7. The molecular weight excluding hydrogens is 360 g/mol. The Morgan fingerprint density at radius 3 is 2.00 bits per heavy atom. The Morgan fingerprint density at radius 1 is 0.893 bits per heavy atom. The minimum Gasteiger partial charge on any atom is -0.467 e. The Kier molecular flexibility index (Phi) is 10.1. The van der Waals surface area contributed by atoms with Crippen LogP contribution in [0, 0.1) is 11.8 Å². The van der Waals surface area contributed by atoms with Crippen LogP contribution in [0.5, 0.6) is 0 Å². The van der Waals surface area contributed by atoms with E-state index in [1.165, 1.54) is 7.11 Å². The lowest BCUT2D eigenvalue weighted by Crippen LogP contribution is -2.52. The van der Waals surface area contributed by atoms with E-state index in [0.717, 1.165) is 5.56 Å².